The van der Waals surface area contributed by atoms with Crippen molar-refractivity contribution in [3.05, 3.63) is 0 Å². The Morgan fingerprint density at radius 1 is 1.43 bits per heavy atom. The molecule has 0 aromatic rings. The summed E-state index contributed by atoms with van der Waals surface area (Å²) in [5.74, 6) is 2.54. The molecule has 1 aliphatic heterocycles. The lowest BCUT2D eigenvalue weighted by Crippen LogP contribution is -2.28. The van der Waals surface area contributed by atoms with Crippen molar-refractivity contribution in [3.8, 4) is 12.3 Å². The van der Waals surface area contributed by atoms with Crippen LogP contribution in [0.1, 0.15) is 0 Å². The van der Waals surface area contributed by atoms with Gasteiger partial charge in [0.05, 0.1) is 0 Å². The van der Waals surface area contributed by atoms with Crippen LogP contribution in [0.4, 0.5) is 0 Å². The van der Waals surface area contributed by atoms with Crippen molar-refractivity contribution < 1.29 is 0 Å². The predicted octanol–water partition coefficient (Wildman–Crippen LogP) is -0.861. The first-order valence-electron chi connectivity index (χ1n) is 2.36. The van der Waals surface area contributed by atoms with E-state index in [1.165, 1.54) is 0 Å². The number of nitrogens with one attached hydrogen (secondary N) is 2. The highest BCUT2D eigenvalue weighted by Gasteiger charge is 2.06. The van der Waals surface area contributed by atoms with E-state index in [-0.39, 0.29) is 6.17 Å². The Balaban J connectivity index is 2.31. The van der Waals surface area contributed by atoms with Gasteiger partial charge in [-0.15, -0.1) is 6.42 Å². The zero-order valence-corrected chi connectivity index (χ0v) is 4.07. The van der Waals surface area contributed by atoms with Crippen LogP contribution < -0.4 is 10.6 Å². The standard InChI is InChI=1S/C5H8N2/c1-2-5-6-3-4-7-5/h1,5-7H,3-4H2. The molecule has 0 radical (unpaired) electrons. The van der Waals surface area contributed by atoms with E-state index >= 15 is 0 Å². The molecule has 1 fully saturated rings. The third kappa shape index (κ3) is 0.923. The molecule has 1 heterocycles. The van der Waals surface area contributed by atoms with Gasteiger partial charge < -0.3 is 0 Å². The Kier molecular flexibility index (Phi) is 1.30. The van der Waals surface area contributed by atoms with Gasteiger partial charge in [-0.1, -0.05) is 5.92 Å². The van der Waals surface area contributed by atoms with Crippen LogP contribution in [-0.4, -0.2) is 19.3 Å². The van der Waals surface area contributed by atoms with Gasteiger partial charge in [0.2, 0.25) is 0 Å². The summed E-state index contributed by atoms with van der Waals surface area (Å²) in [7, 11) is 0. The van der Waals surface area contributed by atoms with Crippen LogP contribution in [0.15, 0.2) is 0 Å². The summed E-state index contributed by atoms with van der Waals surface area (Å²) in [6.45, 7) is 1.99. The summed E-state index contributed by atoms with van der Waals surface area (Å²) in [4.78, 5) is 0. The molecule has 2 heteroatoms. The number of hydrogen-bond acceptors (Lipinski definition) is 2. The topological polar surface area (TPSA) is 24.1 Å². The lowest BCUT2D eigenvalue weighted by molar-refractivity contribution is 0.687. The van der Waals surface area contributed by atoms with Crippen LogP contribution in [0.2, 0.25) is 0 Å². The van der Waals surface area contributed by atoms with Crippen molar-refractivity contribution in [2.75, 3.05) is 13.1 Å². The highest BCUT2D eigenvalue weighted by atomic mass is 15.2. The van der Waals surface area contributed by atoms with Crippen LogP contribution in [0.3, 0.4) is 0 Å². The average molecular weight is 96.1 g/mol. The zero-order valence-electron chi connectivity index (χ0n) is 4.07. The molecule has 0 unspecified atom stereocenters. The molecule has 0 aliphatic carbocycles. The van der Waals surface area contributed by atoms with Crippen molar-refractivity contribution in [2.24, 2.45) is 0 Å². The first kappa shape index (κ1) is 4.63. The van der Waals surface area contributed by atoms with Gasteiger partial charge in [0, 0.05) is 13.1 Å². The smallest absolute Gasteiger partial charge is 0.121 e. The Bertz CT molecular complexity index is 86.7. The van der Waals surface area contributed by atoms with E-state index in [2.05, 4.69) is 16.6 Å². The minimum atomic E-state index is 0.125. The van der Waals surface area contributed by atoms with Crippen LogP contribution in [0.5, 0.6) is 0 Å². The molecule has 0 saturated carbocycles. The molecule has 7 heavy (non-hydrogen) atoms. The molecule has 0 amide bonds. The summed E-state index contributed by atoms with van der Waals surface area (Å²) in [6.07, 6.45) is 5.18. The molecule has 1 rings (SSSR count). The Morgan fingerprint density at radius 3 is 2.29 bits per heavy atom. The van der Waals surface area contributed by atoms with Gasteiger partial charge in [0.15, 0.2) is 0 Å². The van der Waals surface area contributed by atoms with Gasteiger partial charge in [0.25, 0.3) is 0 Å². The molecule has 2 nitrogen and oxygen atoms in total. The molecule has 0 atom stereocenters. The van der Waals surface area contributed by atoms with E-state index in [0.29, 0.717) is 0 Å². The second kappa shape index (κ2) is 1.97. The van der Waals surface area contributed by atoms with Gasteiger partial charge in [-0.05, 0) is 0 Å². The lowest BCUT2D eigenvalue weighted by atomic mass is 10.5. The number of terminal acetylenes is 1. The SMILES string of the molecule is C#CC1NCCN1. The third-order valence-corrected chi connectivity index (χ3v) is 0.989. The minimum absolute atomic E-state index is 0.125. The summed E-state index contributed by atoms with van der Waals surface area (Å²) >= 11 is 0. The Morgan fingerprint density at radius 2 is 2.00 bits per heavy atom. The fourth-order valence-electron chi connectivity index (χ4n) is 0.623. The molecule has 0 aromatic carbocycles. The zero-order chi connectivity index (χ0) is 5.11. The van der Waals surface area contributed by atoms with Crippen molar-refractivity contribution in [3.63, 3.8) is 0 Å². The van der Waals surface area contributed by atoms with Crippen LogP contribution in [0, 0.1) is 12.3 Å². The van der Waals surface area contributed by atoms with Crippen LogP contribution in [0.25, 0.3) is 0 Å². The van der Waals surface area contributed by atoms with E-state index in [1.807, 2.05) is 0 Å². The molecule has 0 spiro atoms. The van der Waals surface area contributed by atoms with E-state index in [1.54, 1.807) is 0 Å². The van der Waals surface area contributed by atoms with Gasteiger partial charge >= 0.3 is 0 Å². The molecular weight excluding hydrogens is 88.1 g/mol. The van der Waals surface area contributed by atoms with Crippen molar-refractivity contribution in [1.29, 1.82) is 0 Å². The maximum atomic E-state index is 5.06. The van der Waals surface area contributed by atoms with E-state index in [0.717, 1.165) is 13.1 Å². The Labute approximate surface area is 43.3 Å². The highest BCUT2D eigenvalue weighted by molar-refractivity contribution is 4.99. The normalized spacial score (nSPS) is 22.1. The van der Waals surface area contributed by atoms with E-state index in [4.69, 9.17) is 6.42 Å². The number of rotatable bonds is 0. The van der Waals surface area contributed by atoms with Gasteiger partial charge in [-0.2, -0.15) is 0 Å². The number of hydrogen-bond donors (Lipinski definition) is 2. The van der Waals surface area contributed by atoms with Crippen LogP contribution in [-0.2, 0) is 0 Å². The Hall–Kier alpha value is -0.520. The van der Waals surface area contributed by atoms with Gasteiger partial charge in [-0.25, -0.2) is 0 Å². The second-order valence-corrected chi connectivity index (χ2v) is 1.51. The molecule has 1 aliphatic rings. The summed E-state index contributed by atoms with van der Waals surface area (Å²) in [5, 5.41) is 6.12. The first-order chi connectivity index (χ1) is 3.43. The van der Waals surface area contributed by atoms with E-state index < -0.39 is 0 Å². The highest BCUT2D eigenvalue weighted by Crippen LogP contribution is 1.78. The largest absolute Gasteiger partial charge is 0.290 e. The summed E-state index contributed by atoms with van der Waals surface area (Å²) in [5.41, 5.74) is 0. The first-order valence-corrected chi connectivity index (χ1v) is 2.36. The molecule has 38 valence electrons. The third-order valence-electron chi connectivity index (χ3n) is 0.989. The van der Waals surface area contributed by atoms with Crippen LogP contribution >= 0.6 is 0 Å². The predicted molar refractivity (Wildman–Crippen MR) is 28.6 cm³/mol. The molecule has 1 saturated heterocycles. The van der Waals surface area contributed by atoms with Crippen molar-refractivity contribution in [1.82, 2.24) is 10.6 Å². The fourth-order valence-corrected chi connectivity index (χ4v) is 0.623. The molecule has 0 aromatic heterocycles. The molecular formula is C5H8N2. The summed E-state index contributed by atoms with van der Waals surface area (Å²) in [6, 6.07) is 0. The quantitative estimate of drug-likeness (QED) is 0.383. The minimum Gasteiger partial charge on any atom is -0.290 e. The van der Waals surface area contributed by atoms with Gasteiger partial charge in [0.1, 0.15) is 6.17 Å². The van der Waals surface area contributed by atoms with Crippen molar-refractivity contribution >= 4 is 0 Å². The molecule has 0 bridgehead atoms. The second-order valence-electron chi connectivity index (χ2n) is 1.51. The maximum absolute atomic E-state index is 5.06. The van der Waals surface area contributed by atoms with Gasteiger partial charge in [-0.3, -0.25) is 10.6 Å². The average Bonchev–Trinajstić information content (AvgIpc) is 2.14. The van der Waals surface area contributed by atoms with E-state index in [9.17, 15) is 0 Å². The van der Waals surface area contributed by atoms with Crippen molar-refractivity contribution in [2.45, 2.75) is 6.17 Å². The lowest BCUT2D eigenvalue weighted by Gasteiger charge is -1.96. The fraction of sp³-hybridized carbons (Fsp3) is 0.600. The maximum Gasteiger partial charge on any atom is 0.121 e. The summed E-state index contributed by atoms with van der Waals surface area (Å²) < 4.78 is 0. The molecule has 2 N–H and O–H groups in total. The monoisotopic (exact) mass is 96.1 g/mol.